The van der Waals surface area contributed by atoms with E-state index in [1.54, 1.807) is 12.1 Å². The van der Waals surface area contributed by atoms with E-state index < -0.39 is 0 Å². The van der Waals surface area contributed by atoms with E-state index in [1.807, 2.05) is 6.92 Å². The highest BCUT2D eigenvalue weighted by Gasteiger charge is 2.15. The maximum absolute atomic E-state index is 13.8. The first-order chi connectivity index (χ1) is 7.57. The predicted molar refractivity (Wildman–Crippen MR) is 70.7 cm³/mol. The number of hydrogen-bond acceptors (Lipinski definition) is 1. The molecule has 0 spiro atoms. The fourth-order valence-corrected chi connectivity index (χ4v) is 2.05. The smallest absolute Gasteiger partial charge is 0.146 e. The van der Waals surface area contributed by atoms with Gasteiger partial charge in [0, 0.05) is 4.47 Å². The Balaban J connectivity index is 2.76. The van der Waals surface area contributed by atoms with Crippen LogP contribution < -0.4 is 5.32 Å². The summed E-state index contributed by atoms with van der Waals surface area (Å²) in [6.07, 6.45) is 0.905. The van der Waals surface area contributed by atoms with Crippen molar-refractivity contribution in [3.8, 4) is 0 Å². The van der Waals surface area contributed by atoms with Crippen LogP contribution in [0.4, 0.5) is 4.39 Å². The van der Waals surface area contributed by atoms with Crippen LogP contribution in [0.3, 0.4) is 0 Å². The predicted octanol–water partition coefficient (Wildman–Crippen LogP) is 4.34. The van der Waals surface area contributed by atoms with Gasteiger partial charge < -0.3 is 5.32 Å². The first-order valence-corrected chi connectivity index (χ1v) is 6.59. The largest absolute Gasteiger partial charge is 0.317 e. The zero-order valence-electron chi connectivity index (χ0n) is 9.49. The lowest BCUT2D eigenvalue weighted by molar-refractivity contribution is 0.557. The van der Waals surface area contributed by atoms with E-state index in [2.05, 4.69) is 28.2 Å². The average molecular weight is 309 g/mol. The minimum absolute atomic E-state index is 0.171. The second-order valence-corrected chi connectivity index (χ2v) is 5.04. The van der Waals surface area contributed by atoms with Gasteiger partial charge in [0.2, 0.25) is 0 Å². The van der Waals surface area contributed by atoms with Gasteiger partial charge in [0.25, 0.3) is 0 Å². The molecule has 0 radical (unpaired) electrons. The highest BCUT2D eigenvalue weighted by Crippen LogP contribution is 2.31. The summed E-state index contributed by atoms with van der Waals surface area (Å²) in [6, 6.07) is 3.59. The first kappa shape index (κ1) is 13.9. The Kier molecular flexibility index (Phi) is 5.73. The molecule has 0 heterocycles. The Morgan fingerprint density at radius 3 is 2.81 bits per heavy atom. The van der Waals surface area contributed by atoms with E-state index in [0.29, 0.717) is 10.0 Å². The third-order valence-electron chi connectivity index (χ3n) is 2.60. The molecule has 1 atom stereocenters. The maximum Gasteiger partial charge on any atom is 0.146 e. The number of benzene rings is 1. The fraction of sp³-hybridized carbons (Fsp3) is 0.500. The van der Waals surface area contributed by atoms with Gasteiger partial charge in [-0.2, -0.15) is 0 Å². The van der Waals surface area contributed by atoms with Crippen LogP contribution in [0.2, 0.25) is 5.02 Å². The van der Waals surface area contributed by atoms with Gasteiger partial charge in [-0.05, 0) is 53.0 Å². The summed E-state index contributed by atoms with van der Waals surface area (Å²) in [7, 11) is 0. The molecule has 4 heteroatoms. The van der Waals surface area contributed by atoms with Gasteiger partial charge >= 0.3 is 0 Å². The highest BCUT2D eigenvalue weighted by atomic mass is 79.9. The van der Waals surface area contributed by atoms with Crippen LogP contribution in [0.1, 0.15) is 31.7 Å². The molecule has 0 aliphatic rings. The van der Waals surface area contributed by atoms with Crippen LogP contribution in [-0.2, 0) is 0 Å². The van der Waals surface area contributed by atoms with Gasteiger partial charge in [0.05, 0.1) is 5.02 Å². The summed E-state index contributed by atoms with van der Waals surface area (Å²) in [4.78, 5) is 0. The van der Waals surface area contributed by atoms with E-state index >= 15 is 0 Å². The Morgan fingerprint density at radius 1 is 1.50 bits per heavy atom. The molecule has 1 aromatic rings. The van der Waals surface area contributed by atoms with Crippen molar-refractivity contribution in [2.75, 3.05) is 13.1 Å². The van der Waals surface area contributed by atoms with Crippen molar-refractivity contribution in [3.63, 3.8) is 0 Å². The highest BCUT2D eigenvalue weighted by molar-refractivity contribution is 9.10. The van der Waals surface area contributed by atoms with E-state index in [-0.39, 0.29) is 16.8 Å². The molecule has 0 bridgehead atoms. The Morgan fingerprint density at radius 2 is 2.19 bits per heavy atom. The Bertz CT molecular complexity index is 357. The molecule has 1 N–H and O–H groups in total. The monoisotopic (exact) mass is 307 g/mol. The summed E-state index contributed by atoms with van der Waals surface area (Å²) < 4.78 is 14.4. The SMILES string of the molecule is CCNCCC(C)c1ccc(Br)c(Cl)c1F. The molecule has 16 heavy (non-hydrogen) atoms. The van der Waals surface area contributed by atoms with Crippen molar-refractivity contribution in [1.29, 1.82) is 0 Å². The molecular formula is C12H16BrClFN. The molecule has 0 aromatic heterocycles. The summed E-state index contributed by atoms with van der Waals surface area (Å²) in [6.45, 7) is 5.91. The lowest BCUT2D eigenvalue weighted by Gasteiger charge is -2.14. The summed E-state index contributed by atoms with van der Waals surface area (Å²) in [5.41, 5.74) is 0.686. The lowest BCUT2D eigenvalue weighted by atomic mass is 9.97. The molecule has 0 aliphatic heterocycles. The van der Waals surface area contributed by atoms with Gasteiger partial charge in [-0.3, -0.25) is 0 Å². The second-order valence-electron chi connectivity index (χ2n) is 3.81. The van der Waals surface area contributed by atoms with Crippen LogP contribution in [-0.4, -0.2) is 13.1 Å². The molecule has 0 saturated carbocycles. The summed E-state index contributed by atoms with van der Waals surface area (Å²) in [5.74, 6) is -0.135. The van der Waals surface area contributed by atoms with Gasteiger partial charge in [0.1, 0.15) is 5.82 Å². The van der Waals surface area contributed by atoms with E-state index in [4.69, 9.17) is 11.6 Å². The van der Waals surface area contributed by atoms with E-state index in [9.17, 15) is 4.39 Å². The zero-order valence-corrected chi connectivity index (χ0v) is 11.8. The minimum Gasteiger partial charge on any atom is -0.317 e. The van der Waals surface area contributed by atoms with Crippen LogP contribution in [0.25, 0.3) is 0 Å². The lowest BCUT2D eigenvalue weighted by Crippen LogP contribution is -2.16. The molecule has 1 rings (SSSR count). The van der Waals surface area contributed by atoms with Crippen LogP contribution >= 0.6 is 27.5 Å². The van der Waals surface area contributed by atoms with Crippen LogP contribution in [0, 0.1) is 5.82 Å². The molecule has 1 aromatic carbocycles. The number of hydrogen-bond donors (Lipinski definition) is 1. The third kappa shape index (κ3) is 3.44. The third-order valence-corrected chi connectivity index (χ3v) is 3.86. The van der Waals surface area contributed by atoms with Crippen molar-refractivity contribution in [3.05, 3.63) is 33.0 Å². The molecule has 0 fully saturated rings. The summed E-state index contributed by atoms with van der Waals surface area (Å²) in [5, 5.41) is 3.40. The maximum atomic E-state index is 13.8. The summed E-state index contributed by atoms with van der Waals surface area (Å²) >= 11 is 9.06. The molecule has 1 unspecified atom stereocenters. The molecule has 0 aliphatic carbocycles. The Labute approximate surface area is 110 Å². The minimum atomic E-state index is -0.306. The molecule has 0 saturated heterocycles. The zero-order chi connectivity index (χ0) is 12.1. The molecule has 1 nitrogen and oxygen atoms in total. The van der Waals surface area contributed by atoms with Crippen molar-refractivity contribution in [2.24, 2.45) is 0 Å². The van der Waals surface area contributed by atoms with Gasteiger partial charge in [0.15, 0.2) is 0 Å². The van der Waals surface area contributed by atoms with Crippen molar-refractivity contribution < 1.29 is 4.39 Å². The van der Waals surface area contributed by atoms with E-state index in [1.165, 1.54) is 0 Å². The number of rotatable bonds is 5. The molecule has 90 valence electrons. The topological polar surface area (TPSA) is 12.0 Å². The quantitative estimate of drug-likeness (QED) is 0.630. The number of halogens is 3. The van der Waals surface area contributed by atoms with Crippen LogP contribution in [0.5, 0.6) is 0 Å². The fourth-order valence-electron chi connectivity index (χ4n) is 1.57. The standard InChI is InChI=1S/C12H16BrClFN/c1-3-16-7-6-8(2)9-4-5-10(13)11(14)12(9)15/h4-5,8,16H,3,6-7H2,1-2H3. The Hall–Kier alpha value is -0.120. The van der Waals surface area contributed by atoms with Crippen molar-refractivity contribution in [2.45, 2.75) is 26.2 Å². The van der Waals surface area contributed by atoms with E-state index in [0.717, 1.165) is 19.5 Å². The second kappa shape index (κ2) is 6.58. The first-order valence-electron chi connectivity index (χ1n) is 5.42. The van der Waals surface area contributed by atoms with Crippen LogP contribution in [0.15, 0.2) is 16.6 Å². The van der Waals surface area contributed by atoms with Crippen molar-refractivity contribution in [1.82, 2.24) is 5.32 Å². The molecule has 0 amide bonds. The average Bonchev–Trinajstić information content (AvgIpc) is 2.26. The van der Waals surface area contributed by atoms with Gasteiger partial charge in [-0.15, -0.1) is 0 Å². The van der Waals surface area contributed by atoms with Gasteiger partial charge in [-0.1, -0.05) is 31.5 Å². The van der Waals surface area contributed by atoms with Gasteiger partial charge in [-0.25, -0.2) is 4.39 Å². The van der Waals surface area contributed by atoms with Crippen molar-refractivity contribution >= 4 is 27.5 Å². The normalized spacial score (nSPS) is 12.8. The molecular weight excluding hydrogens is 292 g/mol. The number of nitrogens with one attached hydrogen (secondary N) is 1.